The van der Waals surface area contributed by atoms with E-state index in [9.17, 15) is 4.79 Å². The highest BCUT2D eigenvalue weighted by Gasteiger charge is 2.31. The molecule has 2 rings (SSSR count). The van der Waals surface area contributed by atoms with E-state index in [1.165, 1.54) is 0 Å². The van der Waals surface area contributed by atoms with E-state index in [1.807, 2.05) is 27.7 Å². The lowest BCUT2D eigenvalue weighted by Crippen LogP contribution is -2.55. The quantitative estimate of drug-likeness (QED) is 0.674. The van der Waals surface area contributed by atoms with Gasteiger partial charge in [-0.25, -0.2) is 14.8 Å². The van der Waals surface area contributed by atoms with Crippen molar-refractivity contribution in [3.8, 4) is 0 Å². The van der Waals surface area contributed by atoms with Crippen LogP contribution in [0, 0.1) is 3.57 Å². The predicted octanol–water partition coefficient (Wildman–Crippen LogP) is 2.53. The molecule has 7 heteroatoms. The Morgan fingerprint density at radius 1 is 1.33 bits per heavy atom. The molecule has 1 aromatic rings. The number of hydrogen-bond donors (Lipinski definition) is 0. The fourth-order valence-corrected chi connectivity index (χ4v) is 2.48. The highest BCUT2D eigenvalue weighted by Crippen LogP contribution is 2.18. The van der Waals surface area contributed by atoms with Crippen LogP contribution in [0.25, 0.3) is 0 Å². The molecular formula is C14H21IN4O2. The van der Waals surface area contributed by atoms with Crippen LogP contribution >= 0.6 is 22.6 Å². The summed E-state index contributed by atoms with van der Waals surface area (Å²) in [7, 11) is 0. The Bertz CT molecular complexity index is 501. The Hall–Kier alpha value is -1.12. The van der Waals surface area contributed by atoms with Crippen LogP contribution in [0.15, 0.2) is 12.4 Å². The number of halogens is 1. The number of anilines is 1. The van der Waals surface area contributed by atoms with Gasteiger partial charge in [0.2, 0.25) is 5.95 Å². The molecule has 1 atom stereocenters. The number of carbonyl (C=O) groups is 1. The fourth-order valence-electron chi connectivity index (χ4n) is 2.20. The smallest absolute Gasteiger partial charge is 0.410 e. The molecule has 2 heterocycles. The second-order valence-corrected chi connectivity index (χ2v) is 7.42. The number of aromatic nitrogens is 2. The molecule has 6 nitrogen and oxygen atoms in total. The Morgan fingerprint density at radius 3 is 2.48 bits per heavy atom. The molecule has 0 saturated carbocycles. The molecule has 0 aliphatic carbocycles. The van der Waals surface area contributed by atoms with Gasteiger partial charge in [0.05, 0.1) is 0 Å². The number of rotatable bonds is 1. The van der Waals surface area contributed by atoms with Crippen LogP contribution in [0.2, 0.25) is 0 Å². The van der Waals surface area contributed by atoms with Crippen LogP contribution in [0.5, 0.6) is 0 Å². The van der Waals surface area contributed by atoms with Gasteiger partial charge in [-0.2, -0.15) is 0 Å². The van der Waals surface area contributed by atoms with Crippen molar-refractivity contribution in [2.75, 3.05) is 24.5 Å². The first kappa shape index (κ1) is 16.3. The molecule has 116 valence electrons. The van der Waals surface area contributed by atoms with Crippen molar-refractivity contribution in [2.24, 2.45) is 0 Å². The molecule has 0 spiro atoms. The Morgan fingerprint density at radius 2 is 1.95 bits per heavy atom. The summed E-state index contributed by atoms with van der Waals surface area (Å²) in [6.45, 7) is 9.69. The molecular weight excluding hydrogens is 383 g/mol. The fraction of sp³-hybridized carbons (Fsp3) is 0.643. The first-order valence-electron chi connectivity index (χ1n) is 6.98. The Kier molecular flexibility index (Phi) is 4.90. The minimum Gasteiger partial charge on any atom is -0.444 e. The SMILES string of the molecule is C[C@H]1CN(c2ncc(I)cn2)CCN1C(=O)OC(C)(C)C. The van der Waals surface area contributed by atoms with E-state index in [-0.39, 0.29) is 12.1 Å². The summed E-state index contributed by atoms with van der Waals surface area (Å²) in [4.78, 5) is 24.7. The second kappa shape index (κ2) is 6.33. The number of carbonyl (C=O) groups excluding carboxylic acids is 1. The average molecular weight is 404 g/mol. The molecule has 0 bridgehead atoms. The number of ether oxygens (including phenoxy) is 1. The van der Waals surface area contributed by atoms with E-state index in [4.69, 9.17) is 4.74 Å². The van der Waals surface area contributed by atoms with E-state index < -0.39 is 5.60 Å². The third kappa shape index (κ3) is 4.42. The van der Waals surface area contributed by atoms with Crippen molar-refractivity contribution in [2.45, 2.75) is 39.3 Å². The summed E-state index contributed by atoms with van der Waals surface area (Å²) >= 11 is 2.18. The number of nitrogens with zero attached hydrogens (tertiary/aromatic N) is 4. The highest BCUT2D eigenvalue weighted by atomic mass is 127. The Balaban J connectivity index is 1.99. The number of amides is 1. The molecule has 1 saturated heterocycles. The summed E-state index contributed by atoms with van der Waals surface area (Å²) in [5.41, 5.74) is -0.465. The van der Waals surface area contributed by atoms with Gasteiger partial charge < -0.3 is 14.5 Å². The van der Waals surface area contributed by atoms with Gasteiger partial charge in [0, 0.05) is 41.6 Å². The molecule has 1 aliphatic rings. The monoisotopic (exact) mass is 404 g/mol. The van der Waals surface area contributed by atoms with Gasteiger partial charge in [-0.1, -0.05) is 0 Å². The van der Waals surface area contributed by atoms with Crippen molar-refractivity contribution >= 4 is 34.6 Å². The van der Waals surface area contributed by atoms with Crippen molar-refractivity contribution in [3.05, 3.63) is 16.0 Å². The summed E-state index contributed by atoms with van der Waals surface area (Å²) in [5.74, 6) is 0.714. The van der Waals surface area contributed by atoms with Crippen LogP contribution in [0.4, 0.5) is 10.7 Å². The molecule has 0 N–H and O–H groups in total. The lowest BCUT2D eigenvalue weighted by Gasteiger charge is -2.40. The minimum absolute atomic E-state index is 0.0662. The van der Waals surface area contributed by atoms with Crippen LogP contribution in [0.1, 0.15) is 27.7 Å². The van der Waals surface area contributed by atoms with Crippen LogP contribution < -0.4 is 4.90 Å². The van der Waals surface area contributed by atoms with E-state index in [2.05, 4.69) is 37.5 Å². The normalized spacial score (nSPS) is 19.6. The summed E-state index contributed by atoms with van der Waals surface area (Å²) in [5, 5.41) is 0. The number of piperazine rings is 1. The van der Waals surface area contributed by atoms with Crippen LogP contribution in [-0.2, 0) is 4.74 Å². The first-order valence-corrected chi connectivity index (χ1v) is 8.06. The molecule has 1 aliphatic heterocycles. The van der Waals surface area contributed by atoms with E-state index in [1.54, 1.807) is 17.3 Å². The van der Waals surface area contributed by atoms with E-state index in [0.717, 1.165) is 3.57 Å². The average Bonchev–Trinajstić information content (AvgIpc) is 2.37. The standard InChI is InChI=1S/C14H21IN4O2/c1-10-9-18(12-16-7-11(15)8-17-12)5-6-19(10)13(20)21-14(2,3)4/h7-8,10H,5-6,9H2,1-4H3/t10-/m0/s1. The van der Waals surface area contributed by atoms with Gasteiger partial charge in [-0.15, -0.1) is 0 Å². The van der Waals surface area contributed by atoms with E-state index >= 15 is 0 Å². The lowest BCUT2D eigenvalue weighted by molar-refractivity contribution is 0.0158. The van der Waals surface area contributed by atoms with Gasteiger partial charge in [-0.05, 0) is 50.3 Å². The lowest BCUT2D eigenvalue weighted by atomic mass is 10.2. The van der Waals surface area contributed by atoms with Gasteiger partial charge in [0.15, 0.2) is 0 Å². The van der Waals surface area contributed by atoms with Crippen molar-refractivity contribution in [1.29, 1.82) is 0 Å². The molecule has 0 unspecified atom stereocenters. The minimum atomic E-state index is -0.465. The van der Waals surface area contributed by atoms with E-state index in [0.29, 0.717) is 25.6 Å². The maximum atomic E-state index is 12.2. The second-order valence-electron chi connectivity index (χ2n) is 6.17. The van der Waals surface area contributed by atoms with Crippen LogP contribution in [-0.4, -0.2) is 52.2 Å². The van der Waals surface area contributed by atoms with Crippen LogP contribution in [0.3, 0.4) is 0 Å². The summed E-state index contributed by atoms with van der Waals surface area (Å²) < 4.78 is 6.45. The first-order chi connectivity index (χ1) is 9.76. The predicted molar refractivity (Wildman–Crippen MR) is 89.4 cm³/mol. The topological polar surface area (TPSA) is 58.6 Å². The van der Waals surface area contributed by atoms with Crippen molar-refractivity contribution in [3.63, 3.8) is 0 Å². The van der Waals surface area contributed by atoms with Crippen molar-refractivity contribution < 1.29 is 9.53 Å². The molecule has 0 aromatic carbocycles. The third-order valence-electron chi connectivity index (χ3n) is 3.15. The van der Waals surface area contributed by atoms with Gasteiger partial charge in [0.1, 0.15) is 5.60 Å². The molecule has 0 radical (unpaired) electrons. The highest BCUT2D eigenvalue weighted by molar-refractivity contribution is 14.1. The summed E-state index contributed by atoms with van der Waals surface area (Å²) in [6.07, 6.45) is 3.35. The molecule has 21 heavy (non-hydrogen) atoms. The molecule has 1 amide bonds. The van der Waals surface area contributed by atoms with Gasteiger partial charge in [-0.3, -0.25) is 0 Å². The third-order valence-corrected chi connectivity index (χ3v) is 3.70. The number of hydrogen-bond acceptors (Lipinski definition) is 5. The maximum absolute atomic E-state index is 12.2. The van der Waals surface area contributed by atoms with Crippen molar-refractivity contribution in [1.82, 2.24) is 14.9 Å². The zero-order valence-electron chi connectivity index (χ0n) is 12.8. The largest absolute Gasteiger partial charge is 0.444 e. The molecule has 1 fully saturated rings. The zero-order chi connectivity index (χ0) is 15.6. The summed E-state index contributed by atoms with van der Waals surface area (Å²) in [6, 6.07) is 0.0662. The Labute approximate surface area is 139 Å². The maximum Gasteiger partial charge on any atom is 0.410 e. The zero-order valence-corrected chi connectivity index (χ0v) is 15.0. The molecule has 1 aromatic heterocycles. The van der Waals surface area contributed by atoms with Gasteiger partial charge >= 0.3 is 6.09 Å². The van der Waals surface area contributed by atoms with Gasteiger partial charge in [0.25, 0.3) is 0 Å².